The van der Waals surface area contributed by atoms with Gasteiger partial charge >= 0.3 is 5.69 Å². The lowest BCUT2D eigenvalue weighted by Gasteiger charge is -2.07. The summed E-state index contributed by atoms with van der Waals surface area (Å²) >= 11 is 0. The van der Waals surface area contributed by atoms with E-state index in [2.05, 4.69) is 19.7 Å². The fraction of sp³-hybridized carbons (Fsp3) is 0.154. The van der Waals surface area contributed by atoms with E-state index < -0.39 is 21.3 Å². The average molecular weight is 335 g/mol. The van der Waals surface area contributed by atoms with Crippen LogP contribution in [0.1, 0.15) is 5.82 Å². The zero-order valence-electron chi connectivity index (χ0n) is 12.0. The molecule has 1 aromatic carbocycles. The molecule has 2 aromatic heterocycles. The molecule has 10 heteroatoms. The van der Waals surface area contributed by atoms with Crippen LogP contribution in [0.4, 0.5) is 0 Å². The van der Waals surface area contributed by atoms with Crippen molar-refractivity contribution in [1.82, 2.24) is 24.2 Å². The molecule has 0 radical (unpaired) electrons. The molecule has 2 heterocycles. The van der Waals surface area contributed by atoms with Gasteiger partial charge in [-0.2, -0.15) is 0 Å². The molecule has 23 heavy (non-hydrogen) atoms. The molecule has 0 saturated carbocycles. The number of nitrogens with zero attached hydrogens (tertiary/aromatic N) is 2. The van der Waals surface area contributed by atoms with E-state index in [1.807, 2.05) is 0 Å². The molecule has 0 atom stereocenters. The number of imidazole rings is 1. The first-order chi connectivity index (χ1) is 10.9. The van der Waals surface area contributed by atoms with Crippen LogP contribution in [0.3, 0.4) is 0 Å². The van der Waals surface area contributed by atoms with E-state index in [0.717, 1.165) is 0 Å². The fourth-order valence-electron chi connectivity index (χ4n) is 2.12. The number of H-pyrrole nitrogens is 2. The summed E-state index contributed by atoms with van der Waals surface area (Å²) in [6.45, 7) is 0.0197. The minimum atomic E-state index is -3.82. The van der Waals surface area contributed by atoms with Gasteiger partial charge in [-0.1, -0.05) is 0 Å². The molecule has 3 N–H and O–H groups in total. The third-order valence-electron chi connectivity index (χ3n) is 3.36. The Labute approximate surface area is 130 Å². The van der Waals surface area contributed by atoms with Gasteiger partial charge in [0.1, 0.15) is 5.82 Å². The Morgan fingerprint density at radius 2 is 2.04 bits per heavy atom. The third kappa shape index (κ3) is 2.94. The fourth-order valence-corrected chi connectivity index (χ4v) is 3.13. The van der Waals surface area contributed by atoms with Crippen molar-refractivity contribution >= 4 is 20.9 Å². The Hall–Kier alpha value is -2.72. The molecule has 0 saturated heterocycles. The van der Waals surface area contributed by atoms with Crippen molar-refractivity contribution in [1.29, 1.82) is 0 Å². The number of benzene rings is 1. The Balaban J connectivity index is 1.97. The average Bonchev–Trinajstić information content (AvgIpc) is 2.90. The van der Waals surface area contributed by atoms with Crippen LogP contribution in [0.2, 0.25) is 0 Å². The maximum Gasteiger partial charge on any atom is 0.326 e. The van der Waals surface area contributed by atoms with Gasteiger partial charge < -0.3 is 9.55 Å². The molecule has 0 fully saturated rings. The molecular formula is C13H13N5O4S. The van der Waals surface area contributed by atoms with Crippen LogP contribution < -0.4 is 16.0 Å². The number of rotatable bonds is 4. The van der Waals surface area contributed by atoms with Gasteiger partial charge in [0.25, 0.3) is 5.56 Å². The van der Waals surface area contributed by atoms with Gasteiger partial charge in [-0.25, -0.2) is 22.9 Å². The standard InChI is InChI=1S/C13H13N5O4S/c1-18-5-4-14-11(18)7-15-23(21,22)8-2-3-10-9(6-8)12(19)17-13(20)16-10/h2-6,15H,7H2,1H3,(H2,16,17,19,20). The minimum Gasteiger partial charge on any atom is -0.337 e. The Morgan fingerprint density at radius 1 is 1.26 bits per heavy atom. The van der Waals surface area contributed by atoms with Gasteiger partial charge in [0, 0.05) is 19.4 Å². The van der Waals surface area contributed by atoms with Crippen molar-refractivity contribution in [3.8, 4) is 0 Å². The molecule has 0 unspecified atom stereocenters. The van der Waals surface area contributed by atoms with Crippen LogP contribution in [0.15, 0.2) is 45.1 Å². The van der Waals surface area contributed by atoms with E-state index in [4.69, 9.17) is 0 Å². The van der Waals surface area contributed by atoms with Crippen LogP contribution in [-0.2, 0) is 23.6 Å². The number of hydrogen-bond acceptors (Lipinski definition) is 5. The first-order valence-electron chi connectivity index (χ1n) is 6.59. The summed E-state index contributed by atoms with van der Waals surface area (Å²) < 4.78 is 28.8. The second kappa shape index (κ2) is 5.48. The first kappa shape index (κ1) is 15.2. The largest absolute Gasteiger partial charge is 0.337 e. The summed E-state index contributed by atoms with van der Waals surface area (Å²) in [5.41, 5.74) is -1.03. The van der Waals surface area contributed by atoms with Crippen LogP contribution in [-0.4, -0.2) is 27.9 Å². The maximum absolute atomic E-state index is 12.3. The van der Waals surface area contributed by atoms with Crippen molar-refractivity contribution in [2.75, 3.05) is 0 Å². The topological polar surface area (TPSA) is 130 Å². The van der Waals surface area contributed by atoms with E-state index in [1.54, 1.807) is 24.0 Å². The van der Waals surface area contributed by atoms with Crippen molar-refractivity contribution in [2.45, 2.75) is 11.4 Å². The molecule has 120 valence electrons. The summed E-state index contributed by atoms with van der Waals surface area (Å²) in [6.07, 6.45) is 3.27. The molecule has 3 aromatic rings. The van der Waals surface area contributed by atoms with E-state index >= 15 is 0 Å². The second-order valence-electron chi connectivity index (χ2n) is 4.89. The van der Waals surface area contributed by atoms with E-state index in [-0.39, 0.29) is 22.3 Å². The molecule has 0 aliphatic rings. The molecule has 0 aliphatic heterocycles. The van der Waals surface area contributed by atoms with Gasteiger partial charge in [-0.05, 0) is 18.2 Å². The lowest BCUT2D eigenvalue weighted by atomic mass is 10.2. The highest BCUT2D eigenvalue weighted by atomic mass is 32.2. The number of aromatic amines is 2. The van der Waals surface area contributed by atoms with Gasteiger partial charge in [0.15, 0.2) is 0 Å². The Morgan fingerprint density at radius 3 is 2.74 bits per heavy atom. The van der Waals surface area contributed by atoms with Gasteiger partial charge in [0.05, 0.1) is 22.3 Å². The smallest absolute Gasteiger partial charge is 0.326 e. The predicted molar refractivity (Wildman–Crippen MR) is 82.4 cm³/mol. The van der Waals surface area contributed by atoms with Crippen LogP contribution in [0.5, 0.6) is 0 Å². The lowest BCUT2D eigenvalue weighted by Crippen LogP contribution is -2.26. The summed E-state index contributed by atoms with van der Waals surface area (Å²) in [7, 11) is -2.07. The quantitative estimate of drug-likeness (QED) is 0.588. The van der Waals surface area contributed by atoms with Crippen molar-refractivity contribution in [3.63, 3.8) is 0 Å². The van der Waals surface area contributed by atoms with E-state index in [0.29, 0.717) is 5.82 Å². The van der Waals surface area contributed by atoms with Crippen molar-refractivity contribution in [2.24, 2.45) is 7.05 Å². The number of fused-ring (bicyclic) bond motifs is 1. The van der Waals surface area contributed by atoms with Gasteiger partial charge in [-0.15, -0.1) is 0 Å². The minimum absolute atomic E-state index is 0.0197. The molecule has 3 rings (SSSR count). The van der Waals surface area contributed by atoms with E-state index in [1.165, 1.54) is 18.2 Å². The first-order valence-corrected chi connectivity index (χ1v) is 8.07. The van der Waals surface area contributed by atoms with Crippen LogP contribution in [0.25, 0.3) is 10.9 Å². The van der Waals surface area contributed by atoms with Gasteiger partial charge in [0.2, 0.25) is 10.0 Å². The number of aromatic nitrogens is 4. The van der Waals surface area contributed by atoms with Gasteiger partial charge in [-0.3, -0.25) is 9.78 Å². The number of nitrogens with one attached hydrogen (secondary N) is 3. The number of sulfonamides is 1. The van der Waals surface area contributed by atoms with E-state index in [9.17, 15) is 18.0 Å². The molecular weight excluding hydrogens is 322 g/mol. The van der Waals surface area contributed by atoms with Crippen LogP contribution >= 0.6 is 0 Å². The lowest BCUT2D eigenvalue weighted by molar-refractivity contribution is 0.577. The highest BCUT2D eigenvalue weighted by Gasteiger charge is 2.16. The summed E-state index contributed by atoms with van der Waals surface area (Å²) in [5.74, 6) is 0.552. The Kier molecular flexibility index (Phi) is 3.62. The molecule has 0 amide bonds. The number of aryl methyl sites for hydroxylation is 1. The number of hydrogen-bond donors (Lipinski definition) is 3. The zero-order chi connectivity index (χ0) is 16.6. The molecule has 0 bridgehead atoms. The molecule has 9 nitrogen and oxygen atoms in total. The van der Waals surface area contributed by atoms with Crippen LogP contribution in [0, 0.1) is 0 Å². The van der Waals surface area contributed by atoms with Crippen molar-refractivity contribution in [3.05, 3.63) is 57.3 Å². The third-order valence-corrected chi connectivity index (χ3v) is 4.76. The molecule has 0 aliphatic carbocycles. The normalized spacial score (nSPS) is 11.9. The highest BCUT2D eigenvalue weighted by molar-refractivity contribution is 7.89. The SMILES string of the molecule is Cn1ccnc1CNS(=O)(=O)c1ccc2[nH]c(=O)[nH]c(=O)c2c1. The maximum atomic E-state index is 12.3. The monoisotopic (exact) mass is 335 g/mol. The predicted octanol–water partition coefficient (Wildman–Crippen LogP) is -0.572. The zero-order valence-corrected chi connectivity index (χ0v) is 12.8. The van der Waals surface area contributed by atoms with Crippen molar-refractivity contribution < 1.29 is 8.42 Å². The Bertz CT molecular complexity index is 1090. The molecule has 0 spiro atoms. The summed E-state index contributed by atoms with van der Waals surface area (Å²) in [5, 5.41) is 0.0875. The second-order valence-corrected chi connectivity index (χ2v) is 6.66. The summed E-state index contributed by atoms with van der Waals surface area (Å²) in [6, 6.07) is 3.91. The summed E-state index contributed by atoms with van der Waals surface area (Å²) in [4.78, 5) is 31.4. The highest BCUT2D eigenvalue weighted by Crippen LogP contribution is 2.14.